The van der Waals surface area contributed by atoms with E-state index in [9.17, 15) is 24.0 Å². The molecule has 1 aliphatic heterocycles. The Hall–Kier alpha value is -4.11. The number of hydrogen-bond acceptors (Lipinski definition) is 8. The molecule has 2 aromatic rings. The quantitative estimate of drug-likeness (QED) is 0.227. The van der Waals surface area contributed by atoms with Crippen molar-refractivity contribution in [2.45, 2.75) is 58.6 Å². The van der Waals surface area contributed by atoms with Crippen molar-refractivity contribution in [2.24, 2.45) is 5.92 Å². The lowest BCUT2D eigenvalue weighted by Crippen LogP contribution is -2.48. The molecule has 1 aliphatic rings. The molecule has 0 spiro atoms. The maximum Gasteiger partial charge on any atom is 0.416 e. The van der Waals surface area contributed by atoms with Crippen LogP contribution in [-0.4, -0.2) is 64.9 Å². The monoisotopic (exact) mass is 549 g/mol. The van der Waals surface area contributed by atoms with Crippen molar-refractivity contribution in [1.82, 2.24) is 4.90 Å². The molecule has 1 fully saturated rings. The molecule has 0 aromatic heterocycles. The predicted octanol–water partition coefficient (Wildman–Crippen LogP) is 3.84. The zero-order valence-corrected chi connectivity index (χ0v) is 23.0. The number of ketones is 2. The number of esters is 1. The van der Waals surface area contributed by atoms with Crippen LogP contribution in [0.5, 0.6) is 0 Å². The van der Waals surface area contributed by atoms with Gasteiger partial charge in [-0.25, -0.2) is 9.69 Å². The Bertz CT molecular complexity index is 1270. The Morgan fingerprint density at radius 2 is 1.82 bits per heavy atom. The first kappa shape index (κ1) is 30.4. The number of imide groups is 1. The maximum atomic E-state index is 13.6. The molecule has 212 valence electrons. The molecule has 9 heteroatoms. The molecule has 9 nitrogen and oxygen atoms in total. The van der Waals surface area contributed by atoms with Crippen LogP contribution < -0.4 is 0 Å². The number of carbonyl (C=O) groups excluding carboxylic acids is 5. The van der Waals surface area contributed by atoms with E-state index >= 15 is 0 Å². The highest BCUT2D eigenvalue weighted by Crippen LogP contribution is 2.25. The molecular formula is C31H35NO8. The number of cyclic esters (lactones) is 1. The second kappa shape index (κ2) is 14.3. The summed E-state index contributed by atoms with van der Waals surface area (Å²) in [6, 6.07) is 15.8. The van der Waals surface area contributed by atoms with E-state index < -0.39 is 41.8 Å². The lowest BCUT2D eigenvalue weighted by atomic mass is 9.92. The summed E-state index contributed by atoms with van der Waals surface area (Å²) >= 11 is 0. The molecular weight excluding hydrogens is 514 g/mol. The number of unbranched alkanes of at least 4 members (excludes halogenated alkanes) is 1. The van der Waals surface area contributed by atoms with E-state index in [4.69, 9.17) is 14.6 Å². The first-order chi connectivity index (χ1) is 19.1. The summed E-state index contributed by atoms with van der Waals surface area (Å²) in [6.45, 7) is 4.31. The van der Waals surface area contributed by atoms with Crippen LogP contribution in [0, 0.1) is 12.8 Å². The van der Waals surface area contributed by atoms with Crippen LogP contribution in [0.3, 0.4) is 0 Å². The van der Waals surface area contributed by atoms with Gasteiger partial charge in [-0.05, 0) is 50.3 Å². The minimum absolute atomic E-state index is 0.00187. The Labute approximate surface area is 233 Å². The number of aliphatic hydroxyl groups excluding tert-OH is 1. The van der Waals surface area contributed by atoms with Gasteiger partial charge in [0.2, 0.25) is 5.91 Å². The van der Waals surface area contributed by atoms with Crippen molar-refractivity contribution in [3.05, 3.63) is 77.4 Å². The third kappa shape index (κ3) is 7.95. The number of amides is 2. The van der Waals surface area contributed by atoms with Gasteiger partial charge in [0.1, 0.15) is 6.61 Å². The molecule has 2 amide bonds. The van der Waals surface area contributed by atoms with Crippen molar-refractivity contribution in [3.63, 3.8) is 0 Å². The summed E-state index contributed by atoms with van der Waals surface area (Å²) in [5.74, 6) is -3.82. The SMILES string of the molecule is CC(=O)O[C@H](C(=O)C=C(C(=O)CCCCO)c1cccc(C)c1)[C@H](C)C(=O)N1C(=O)OC[C@@H]1Cc1ccccc1. The topological polar surface area (TPSA) is 127 Å². The normalized spacial score (nSPS) is 16.7. The van der Waals surface area contributed by atoms with Crippen LogP contribution in [0.4, 0.5) is 4.79 Å². The zero-order valence-electron chi connectivity index (χ0n) is 23.0. The molecule has 3 rings (SSSR count). The molecule has 0 aliphatic carbocycles. The number of nitrogens with zero attached hydrogens (tertiary/aromatic N) is 1. The number of carbonyl (C=O) groups is 5. The fourth-order valence-electron chi connectivity index (χ4n) is 4.59. The van der Waals surface area contributed by atoms with Gasteiger partial charge in [0.05, 0.1) is 12.0 Å². The highest BCUT2D eigenvalue weighted by Gasteiger charge is 2.43. The largest absolute Gasteiger partial charge is 0.453 e. The maximum absolute atomic E-state index is 13.6. The van der Waals surface area contributed by atoms with Crippen molar-refractivity contribution < 1.29 is 38.6 Å². The third-order valence-corrected chi connectivity index (χ3v) is 6.66. The third-order valence-electron chi connectivity index (χ3n) is 6.66. The minimum atomic E-state index is -1.57. The number of allylic oxidation sites excluding steroid dienone is 1. The van der Waals surface area contributed by atoms with Gasteiger partial charge in [-0.3, -0.25) is 19.2 Å². The molecule has 1 saturated heterocycles. The van der Waals surface area contributed by atoms with Crippen LogP contribution in [0.25, 0.3) is 5.57 Å². The first-order valence-electron chi connectivity index (χ1n) is 13.3. The smallest absolute Gasteiger partial charge is 0.416 e. The molecule has 40 heavy (non-hydrogen) atoms. The van der Waals surface area contributed by atoms with Crippen LogP contribution >= 0.6 is 0 Å². The number of benzene rings is 2. The van der Waals surface area contributed by atoms with Gasteiger partial charge in [-0.2, -0.15) is 0 Å². The first-order valence-corrected chi connectivity index (χ1v) is 13.3. The van der Waals surface area contributed by atoms with E-state index in [2.05, 4.69) is 0 Å². The van der Waals surface area contributed by atoms with E-state index in [1.54, 1.807) is 18.2 Å². The number of aliphatic hydroxyl groups is 1. The van der Waals surface area contributed by atoms with Crippen molar-refractivity contribution in [3.8, 4) is 0 Å². The predicted molar refractivity (Wildman–Crippen MR) is 147 cm³/mol. The zero-order chi connectivity index (χ0) is 29.2. The average Bonchev–Trinajstić information content (AvgIpc) is 3.29. The number of aryl methyl sites for hydroxylation is 1. The van der Waals surface area contributed by atoms with E-state index in [0.717, 1.165) is 29.0 Å². The van der Waals surface area contributed by atoms with Gasteiger partial charge in [0, 0.05) is 25.5 Å². The van der Waals surface area contributed by atoms with E-state index in [1.165, 1.54) is 6.92 Å². The van der Waals surface area contributed by atoms with Gasteiger partial charge in [-0.15, -0.1) is 0 Å². The van der Waals surface area contributed by atoms with E-state index in [-0.39, 0.29) is 31.0 Å². The summed E-state index contributed by atoms with van der Waals surface area (Å²) < 4.78 is 10.5. The highest BCUT2D eigenvalue weighted by atomic mass is 16.6. The van der Waals surface area contributed by atoms with Crippen LogP contribution in [-0.2, 0) is 35.1 Å². The molecule has 2 aromatic carbocycles. The van der Waals surface area contributed by atoms with Gasteiger partial charge >= 0.3 is 12.1 Å². The number of Topliss-reactive ketones (excluding diaryl/α,β-unsaturated/α-hetero) is 1. The van der Waals surface area contributed by atoms with Gasteiger partial charge < -0.3 is 14.6 Å². The summed E-state index contributed by atoms with van der Waals surface area (Å²) in [7, 11) is 0. The van der Waals surface area contributed by atoms with Gasteiger partial charge in [-0.1, -0.05) is 60.2 Å². The van der Waals surface area contributed by atoms with E-state index in [0.29, 0.717) is 24.8 Å². The minimum Gasteiger partial charge on any atom is -0.453 e. The Kier molecular flexibility index (Phi) is 10.9. The summed E-state index contributed by atoms with van der Waals surface area (Å²) in [5.41, 5.74) is 2.39. The molecule has 0 bridgehead atoms. The lowest BCUT2D eigenvalue weighted by molar-refractivity contribution is -0.158. The second-order valence-electron chi connectivity index (χ2n) is 9.88. The number of hydrogen-bond donors (Lipinski definition) is 1. The van der Waals surface area contributed by atoms with Gasteiger partial charge in [0.15, 0.2) is 17.7 Å². The summed E-state index contributed by atoms with van der Waals surface area (Å²) in [5, 5.41) is 9.10. The molecule has 0 radical (unpaired) electrons. The average molecular weight is 550 g/mol. The van der Waals surface area contributed by atoms with Crippen LogP contribution in [0.15, 0.2) is 60.7 Å². The number of ether oxygens (including phenoxy) is 2. The fraction of sp³-hybridized carbons (Fsp3) is 0.387. The summed E-state index contributed by atoms with van der Waals surface area (Å²) in [6.07, 6.45) is 0.0189. The highest BCUT2D eigenvalue weighted by molar-refractivity contribution is 6.25. The molecule has 1 heterocycles. The fourth-order valence-corrected chi connectivity index (χ4v) is 4.59. The van der Waals surface area contributed by atoms with Gasteiger partial charge in [0.25, 0.3) is 0 Å². The van der Waals surface area contributed by atoms with Crippen molar-refractivity contribution >= 4 is 35.1 Å². The number of rotatable bonds is 13. The molecule has 0 saturated carbocycles. The second-order valence-corrected chi connectivity index (χ2v) is 9.88. The molecule has 3 atom stereocenters. The molecule has 1 N–H and O–H groups in total. The van der Waals surface area contributed by atoms with E-state index in [1.807, 2.05) is 43.3 Å². The van der Waals surface area contributed by atoms with Crippen LogP contribution in [0.2, 0.25) is 0 Å². The molecule has 0 unspecified atom stereocenters. The van der Waals surface area contributed by atoms with Crippen LogP contribution in [0.1, 0.15) is 49.8 Å². The lowest BCUT2D eigenvalue weighted by Gasteiger charge is -2.26. The standard InChI is InChI=1S/C31H35NO8/c1-20-10-9-13-24(16-20)26(27(35)14-7-8-15-33)18-28(36)29(40-22(3)34)21(2)30(37)32-25(19-39-31(32)38)17-23-11-5-4-6-12-23/h4-6,9-13,16,18,21,25,29,33H,7-8,14-15,17,19H2,1-3H3/t21-,25-,29-/m0/s1. The van der Waals surface area contributed by atoms with Crippen molar-refractivity contribution in [1.29, 1.82) is 0 Å². The Morgan fingerprint density at radius 1 is 1.10 bits per heavy atom. The van der Waals surface area contributed by atoms with Crippen molar-refractivity contribution in [2.75, 3.05) is 13.2 Å². The Morgan fingerprint density at radius 3 is 2.48 bits per heavy atom. The summed E-state index contributed by atoms with van der Waals surface area (Å²) in [4.78, 5) is 65.8. The Balaban J connectivity index is 1.91.